The van der Waals surface area contributed by atoms with E-state index >= 15 is 0 Å². The molecule has 2 amide bonds. The molecule has 1 aromatic carbocycles. The minimum Gasteiger partial charge on any atom is -0.298 e. The van der Waals surface area contributed by atoms with E-state index in [1.54, 1.807) is 38.1 Å². The molecule has 0 heterocycles. The summed E-state index contributed by atoms with van der Waals surface area (Å²) in [6, 6.07) is 6.61. The standard InChI is InChI=1S/C16H22N4O4/c1-5-11(3)19-23-15(21)17-13-9-7-8-10-14(13)18-16(22)24-20-12(4)6-2/h7-10H,5-6H2,1-4H3,(H,17,21)(H,18,22). The SMILES string of the molecule is CCC(C)=NOC(=O)Nc1ccccc1NC(=O)ON=C(C)CC. The fourth-order valence-corrected chi connectivity index (χ4v) is 1.33. The summed E-state index contributed by atoms with van der Waals surface area (Å²) in [5, 5.41) is 12.3. The van der Waals surface area contributed by atoms with Crippen LogP contribution in [0, 0.1) is 0 Å². The molecule has 8 nitrogen and oxygen atoms in total. The van der Waals surface area contributed by atoms with Gasteiger partial charge < -0.3 is 0 Å². The molecular formula is C16H22N4O4. The van der Waals surface area contributed by atoms with Gasteiger partial charge in [-0.25, -0.2) is 9.59 Å². The van der Waals surface area contributed by atoms with Gasteiger partial charge in [-0.1, -0.05) is 36.3 Å². The van der Waals surface area contributed by atoms with Crippen molar-refractivity contribution < 1.29 is 19.3 Å². The smallest absolute Gasteiger partial charge is 0.298 e. The molecule has 24 heavy (non-hydrogen) atoms. The summed E-state index contributed by atoms with van der Waals surface area (Å²) >= 11 is 0. The molecule has 0 aromatic heterocycles. The van der Waals surface area contributed by atoms with Gasteiger partial charge >= 0.3 is 12.2 Å². The summed E-state index contributed by atoms with van der Waals surface area (Å²) in [6.07, 6.45) is -0.167. The fraction of sp³-hybridized carbons (Fsp3) is 0.375. The average Bonchev–Trinajstić information content (AvgIpc) is 2.59. The van der Waals surface area contributed by atoms with E-state index in [-0.39, 0.29) is 0 Å². The van der Waals surface area contributed by atoms with Gasteiger partial charge in [0.15, 0.2) is 0 Å². The lowest BCUT2D eigenvalue weighted by atomic mass is 10.2. The Balaban J connectivity index is 2.71. The van der Waals surface area contributed by atoms with Crippen molar-refractivity contribution in [3.05, 3.63) is 24.3 Å². The number of amides is 2. The van der Waals surface area contributed by atoms with E-state index < -0.39 is 12.2 Å². The van der Waals surface area contributed by atoms with Gasteiger partial charge in [-0.3, -0.25) is 20.3 Å². The summed E-state index contributed by atoms with van der Waals surface area (Å²) in [5.41, 5.74) is 2.06. The summed E-state index contributed by atoms with van der Waals surface area (Å²) in [7, 11) is 0. The number of anilines is 2. The lowest BCUT2D eigenvalue weighted by Gasteiger charge is -2.10. The monoisotopic (exact) mass is 334 g/mol. The zero-order valence-electron chi connectivity index (χ0n) is 14.3. The highest BCUT2D eigenvalue weighted by atomic mass is 16.7. The molecule has 130 valence electrons. The van der Waals surface area contributed by atoms with Crippen molar-refractivity contribution in [2.75, 3.05) is 10.6 Å². The maximum Gasteiger partial charge on any atom is 0.437 e. The molecule has 0 saturated carbocycles. The van der Waals surface area contributed by atoms with Crippen LogP contribution >= 0.6 is 0 Å². The molecule has 0 radical (unpaired) electrons. The van der Waals surface area contributed by atoms with Crippen LogP contribution in [0.3, 0.4) is 0 Å². The number of nitrogens with zero attached hydrogens (tertiary/aromatic N) is 2. The Morgan fingerprint density at radius 1 is 0.875 bits per heavy atom. The first-order valence-electron chi connectivity index (χ1n) is 7.58. The lowest BCUT2D eigenvalue weighted by molar-refractivity contribution is 0.165. The van der Waals surface area contributed by atoms with Crippen LogP contribution in [0.25, 0.3) is 0 Å². The first-order valence-corrected chi connectivity index (χ1v) is 7.58. The molecule has 8 heteroatoms. The molecule has 1 aromatic rings. The van der Waals surface area contributed by atoms with Crippen LogP contribution in [0.4, 0.5) is 21.0 Å². The van der Waals surface area contributed by atoms with Gasteiger partial charge in [0, 0.05) is 0 Å². The molecule has 0 spiro atoms. The second-order valence-corrected chi connectivity index (χ2v) is 4.91. The quantitative estimate of drug-likeness (QED) is 0.458. The van der Waals surface area contributed by atoms with Gasteiger partial charge in [-0.2, -0.15) is 0 Å². The van der Waals surface area contributed by atoms with E-state index in [1.807, 2.05) is 13.8 Å². The molecule has 0 atom stereocenters. The topological polar surface area (TPSA) is 101 Å². The third kappa shape index (κ3) is 6.91. The molecule has 0 aliphatic rings. The number of nitrogens with one attached hydrogen (secondary N) is 2. The highest BCUT2D eigenvalue weighted by molar-refractivity contribution is 5.95. The van der Waals surface area contributed by atoms with Crippen molar-refractivity contribution in [1.82, 2.24) is 0 Å². The van der Waals surface area contributed by atoms with Crippen molar-refractivity contribution in [3.8, 4) is 0 Å². The van der Waals surface area contributed by atoms with E-state index in [9.17, 15) is 9.59 Å². The summed E-state index contributed by atoms with van der Waals surface area (Å²) < 4.78 is 0. The number of hydrogen-bond acceptors (Lipinski definition) is 6. The third-order valence-corrected chi connectivity index (χ3v) is 2.99. The first kappa shape index (κ1) is 19.1. The third-order valence-electron chi connectivity index (χ3n) is 2.99. The van der Waals surface area contributed by atoms with Crippen molar-refractivity contribution in [1.29, 1.82) is 0 Å². The Morgan fingerprint density at radius 2 is 1.25 bits per heavy atom. The second kappa shape index (κ2) is 9.98. The summed E-state index contributed by atoms with van der Waals surface area (Å²) in [6.45, 7) is 7.29. The minimum absolute atomic E-state index is 0.347. The molecule has 2 N–H and O–H groups in total. The Morgan fingerprint density at radius 3 is 1.58 bits per heavy atom. The fourth-order valence-electron chi connectivity index (χ4n) is 1.33. The van der Waals surface area contributed by atoms with Crippen molar-refractivity contribution in [2.45, 2.75) is 40.5 Å². The number of benzene rings is 1. The zero-order valence-corrected chi connectivity index (χ0v) is 14.3. The number of oxime groups is 2. The van der Waals surface area contributed by atoms with Crippen LogP contribution < -0.4 is 10.6 Å². The summed E-state index contributed by atoms with van der Waals surface area (Å²) in [4.78, 5) is 32.9. The van der Waals surface area contributed by atoms with Gasteiger partial charge in [-0.05, 0) is 38.8 Å². The normalized spacial score (nSPS) is 11.7. The Bertz CT molecular complexity index is 586. The number of rotatable bonds is 6. The Kier molecular flexibility index (Phi) is 7.97. The number of carbonyl (C=O) groups is 2. The van der Waals surface area contributed by atoms with Crippen molar-refractivity contribution in [2.24, 2.45) is 10.3 Å². The molecule has 0 unspecified atom stereocenters. The second-order valence-electron chi connectivity index (χ2n) is 4.91. The minimum atomic E-state index is -0.759. The number of hydrogen-bond donors (Lipinski definition) is 2. The van der Waals surface area contributed by atoms with Crippen LogP contribution in [0.15, 0.2) is 34.6 Å². The van der Waals surface area contributed by atoms with Gasteiger partial charge in [0.25, 0.3) is 0 Å². The van der Waals surface area contributed by atoms with Crippen LogP contribution in [-0.2, 0) is 9.68 Å². The molecular weight excluding hydrogens is 312 g/mol. The largest absolute Gasteiger partial charge is 0.437 e. The van der Waals surface area contributed by atoms with Gasteiger partial charge in [-0.15, -0.1) is 0 Å². The van der Waals surface area contributed by atoms with Crippen molar-refractivity contribution in [3.63, 3.8) is 0 Å². The maximum absolute atomic E-state index is 11.7. The van der Waals surface area contributed by atoms with E-state index in [2.05, 4.69) is 20.9 Å². The van der Waals surface area contributed by atoms with E-state index in [0.717, 1.165) is 0 Å². The molecule has 0 fully saturated rings. The molecule has 0 bridgehead atoms. The Labute approximate surface area is 140 Å². The zero-order chi connectivity index (χ0) is 17.9. The van der Waals surface area contributed by atoms with Gasteiger partial charge in [0.2, 0.25) is 0 Å². The molecule has 0 aliphatic heterocycles. The van der Waals surface area contributed by atoms with Gasteiger partial charge in [0.1, 0.15) is 0 Å². The first-order chi connectivity index (χ1) is 11.5. The maximum atomic E-state index is 11.7. The highest BCUT2D eigenvalue weighted by Gasteiger charge is 2.11. The molecule has 0 aliphatic carbocycles. The van der Waals surface area contributed by atoms with E-state index in [0.29, 0.717) is 35.6 Å². The van der Waals surface area contributed by atoms with Crippen LogP contribution in [0.1, 0.15) is 40.5 Å². The van der Waals surface area contributed by atoms with E-state index in [1.165, 1.54) is 0 Å². The summed E-state index contributed by atoms with van der Waals surface area (Å²) in [5.74, 6) is 0. The lowest BCUT2D eigenvalue weighted by Crippen LogP contribution is -2.16. The van der Waals surface area contributed by atoms with E-state index in [4.69, 9.17) is 9.68 Å². The van der Waals surface area contributed by atoms with Gasteiger partial charge in [0.05, 0.1) is 22.8 Å². The molecule has 1 rings (SSSR count). The van der Waals surface area contributed by atoms with Crippen LogP contribution in [-0.4, -0.2) is 23.6 Å². The Hall–Kier alpha value is -2.90. The predicted molar refractivity (Wildman–Crippen MR) is 93.4 cm³/mol. The molecule has 0 saturated heterocycles. The average molecular weight is 334 g/mol. The van der Waals surface area contributed by atoms with Crippen LogP contribution in [0.2, 0.25) is 0 Å². The van der Waals surface area contributed by atoms with Crippen LogP contribution in [0.5, 0.6) is 0 Å². The van der Waals surface area contributed by atoms with Crippen molar-refractivity contribution >= 4 is 35.0 Å². The number of para-hydroxylation sites is 2. The number of carbonyl (C=O) groups excluding carboxylic acids is 2. The highest BCUT2D eigenvalue weighted by Crippen LogP contribution is 2.21. The predicted octanol–water partition coefficient (Wildman–Crippen LogP) is 4.36.